The van der Waals surface area contributed by atoms with Crippen molar-refractivity contribution in [3.05, 3.63) is 29.8 Å². The fourth-order valence-electron chi connectivity index (χ4n) is 4.90. The van der Waals surface area contributed by atoms with Gasteiger partial charge in [0.2, 0.25) is 17.7 Å². The summed E-state index contributed by atoms with van der Waals surface area (Å²) < 4.78 is 6.25. The average molecular weight is 442 g/mol. The van der Waals surface area contributed by atoms with E-state index >= 15 is 0 Å². The van der Waals surface area contributed by atoms with E-state index < -0.39 is 11.6 Å². The first-order valence-electron chi connectivity index (χ1n) is 11.5. The standard InChI is InChI=1S/C24H31N3O5/c1-17(23(31)25-12-5-14-26-13-4-8-21(26)29)27-15-11-24(10-9-22(27)30)16-19(28)18-6-2-3-7-20(18)32-24/h2-3,6-7,17H,4-5,8-16H2,1H3,(H,25,31)/t17-,24+/m0/s1. The van der Waals surface area contributed by atoms with Crippen LogP contribution in [0, 0.1) is 0 Å². The molecule has 2 fully saturated rings. The van der Waals surface area contributed by atoms with E-state index in [9.17, 15) is 19.2 Å². The molecule has 0 saturated carbocycles. The third-order valence-corrected chi connectivity index (χ3v) is 6.84. The van der Waals surface area contributed by atoms with Crippen molar-refractivity contribution in [3.63, 3.8) is 0 Å². The SMILES string of the molecule is C[C@@H](C(=O)NCCCN1CCCC1=O)N1CC[C@]2(CCC1=O)CC(=O)c1ccccc1O2. The van der Waals surface area contributed by atoms with Crippen LogP contribution in [0.15, 0.2) is 24.3 Å². The molecule has 172 valence electrons. The van der Waals surface area contributed by atoms with E-state index in [0.29, 0.717) is 56.6 Å². The average Bonchev–Trinajstić information content (AvgIpc) is 3.12. The summed E-state index contributed by atoms with van der Waals surface area (Å²) in [5, 5.41) is 2.89. The maximum atomic E-state index is 12.8. The van der Waals surface area contributed by atoms with Gasteiger partial charge in [-0.15, -0.1) is 0 Å². The Morgan fingerprint density at radius 1 is 1.12 bits per heavy atom. The smallest absolute Gasteiger partial charge is 0.242 e. The van der Waals surface area contributed by atoms with Gasteiger partial charge in [-0.25, -0.2) is 0 Å². The van der Waals surface area contributed by atoms with Gasteiger partial charge in [-0.3, -0.25) is 19.2 Å². The summed E-state index contributed by atoms with van der Waals surface area (Å²) in [6.45, 7) is 4.00. The predicted molar refractivity (Wildman–Crippen MR) is 117 cm³/mol. The van der Waals surface area contributed by atoms with Gasteiger partial charge in [0.15, 0.2) is 5.78 Å². The largest absolute Gasteiger partial charge is 0.486 e. The van der Waals surface area contributed by atoms with Crippen molar-refractivity contribution in [1.29, 1.82) is 0 Å². The first kappa shape index (κ1) is 22.3. The van der Waals surface area contributed by atoms with E-state index in [4.69, 9.17) is 4.74 Å². The monoisotopic (exact) mass is 441 g/mol. The van der Waals surface area contributed by atoms with Crippen LogP contribution in [0.25, 0.3) is 0 Å². The lowest BCUT2D eigenvalue weighted by Crippen LogP contribution is -2.49. The molecule has 1 aromatic carbocycles. The lowest BCUT2D eigenvalue weighted by molar-refractivity contribution is -0.139. The molecule has 1 spiro atoms. The first-order valence-corrected chi connectivity index (χ1v) is 11.5. The number of carbonyl (C=O) groups excluding carboxylic acids is 4. The van der Waals surface area contributed by atoms with Crippen molar-refractivity contribution >= 4 is 23.5 Å². The van der Waals surface area contributed by atoms with Crippen LogP contribution in [-0.2, 0) is 14.4 Å². The van der Waals surface area contributed by atoms with E-state index in [1.807, 2.05) is 17.0 Å². The Labute approximate surface area is 188 Å². The summed E-state index contributed by atoms with van der Waals surface area (Å²) in [6.07, 6.45) is 3.67. The first-order chi connectivity index (χ1) is 15.4. The van der Waals surface area contributed by atoms with Crippen LogP contribution >= 0.6 is 0 Å². The second-order valence-electron chi connectivity index (χ2n) is 9.02. The molecule has 0 bridgehead atoms. The van der Waals surface area contributed by atoms with Crippen LogP contribution in [0.3, 0.4) is 0 Å². The molecule has 0 unspecified atom stereocenters. The highest BCUT2D eigenvalue weighted by atomic mass is 16.5. The molecule has 3 heterocycles. The lowest BCUT2D eigenvalue weighted by atomic mass is 9.84. The molecule has 8 nitrogen and oxygen atoms in total. The molecule has 3 aliphatic heterocycles. The third-order valence-electron chi connectivity index (χ3n) is 6.84. The number of likely N-dealkylation sites (tertiary alicyclic amines) is 2. The van der Waals surface area contributed by atoms with Crippen molar-refractivity contribution in [1.82, 2.24) is 15.1 Å². The molecule has 0 aliphatic carbocycles. The van der Waals surface area contributed by atoms with Crippen LogP contribution in [0.2, 0.25) is 0 Å². The highest BCUT2D eigenvalue weighted by Gasteiger charge is 2.44. The molecule has 2 atom stereocenters. The van der Waals surface area contributed by atoms with Crippen molar-refractivity contribution in [2.24, 2.45) is 0 Å². The molecule has 0 radical (unpaired) electrons. The second kappa shape index (κ2) is 9.30. The molecule has 3 aliphatic rings. The Bertz CT molecular complexity index is 917. The predicted octanol–water partition coefficient (Wildman–Crippen LogP) is 1.92. The number of rotatable bonds is 6. The summed E-state index contributed by atoms with van der Waals surface area (Å²) >= 11 is 0. The van der Waals surface area contributed by atoms with Gasteiger partial charge in [0.05, 0.1) is 12.0 Å². The van der Waals surface area contributed by atoms with Crippen LogP contribution in [0.4, 0.5) is 0 Å². The Hall–Kier alpha value is -2.90. The quantitative estimate of drug-likeness (QED) is 0.681. The molecular formula is C24H31N3O5. The van der Waals surface area contributed by atoms with E-state index in [0.717, 1.165) is 13.0 Å². The zero-order valence-electron chi connectivity index (χ0n) is 18.6. The number of hydrogen-bond donors (Lipinski definition) is 1. The van der Waals surface area contributed by atoms with Crippen molar-refractivity contribution < 1.29 is 23.9 Å². The fraction of sp³-hybridized carbons (Fsp3) is 0.583. The Balaban J connectivity index is 1.31. The summed E-state index contributed by atoms with van der Waals surface area (Å²) in [5.74, 6) is 0.497. The van der Waals surface area contributed by atoms with Gasteiger partial charge in [0.25, 0.3) is 0 Å². The number of nitrogens with one attached hydrogen (secondary N) is 1. The van der Waals surface area contributed by atoms with Gasteiger partial charge in [-0.1, -0.05) is 12.1 Å². The number of ether oxygens (including phenoxy) is 1. The third kappa shape index (κ3) is 4.64. The van der Waals surface area contributed by atoms with Crippen molar-refractivity contribution in [2.45, 2.75) is 63.5 Å². The van der Waals surface area contributed by atoms with Gasteiger partial charge in [-0.2, -0.15) is 0 Å². The molecule has 1 N–H and O–H groups in total. The number of carbonyl (C=O) groups is 4. The number of fused-ring (bicyclic) bond motifs is 1. The highest BCUT2D eigenvalue weighted by molar-refractivity contribution is 6.00. The van der Waals surface area contributed by atoms with E-state index in [1.165, 1.54) is 0 Å². The van der Waals surface area contributed by atoms with E-state index in [1.54, 1.807) is 24.0 Å². The summed E-state index contributed by atoms with van der Waals surface area (Å²) in [4.78, 5) is 53.3. The molecule has 32 heavy (non-hydrogen) atoms. The molecule has 8 heteroatoms. The fourth-order valence-corrected chi connectivity index (χ4v) is 4.90. The van der Waals surface area contributed by atoms with Crippen molar-refractivity contribution in [3.8, 4) is 5.75 Å². The van der Waals surface area contributed by atoms with Gasteiger partial charge in [-0.05, 0) is 38.3 Å². The van der Waals surface area contributed by atoms with Gasteiger partial charge >= 0.3 is 0 Å². The maximum Gasteiger partial charge on any atom is 0.242 e. The Morgan fingerprint density at radius 2 is 1.94 bits per heavy atom. The van der Waals surface area contributed by atoms with Crippen LogP contribution in [-0.4, -0.2) is 71.1 Å². The topological polar surface area (TPSA) is 96.0 Å². The minimum Gasteiger partial charge on any atom is -0.486 e. The number of amides is 3. The van der Waals surface area contributed by atoms with Crippen LogP contribution in [0.1, 0.15) is 62.2 Å². The van der Waals surface area contributed by atoms with Gasteiger partial charge < -0.3 is 19.9 Å². The maximum absolute atomic E-state index is 12.8. The number of para-hydroxylation sites is 1. The number of benzene rings is 1. The number of Topliss-reactive ketones (excluding diaryl/α,β-unsaturated/α-hetero) is 1. The number of nitrogens with zero attached hydrogens (tertiary/aromatic N) is 2. The van der Waals surface area contributed by atoms with Gasteiger partial charge in [0, 0.05) is 45.4 Å². The number of ketones is 1. The molecule has 2 saturated heterocycles. The summed E-state index contributed by atoms with van der Waals surface area (Å²) in [6, 6.07) is 6.62. The summed E-state index contributed by atoms with van der Waals surface area (Å²) in [5.41, 5.74) is -0.108. The lowest BCUT2D eigenvalue weighted by Gasteiger charge is -2.37. The molecule has 3 amide bonds. The molecule has 0 aromatic heterocycles. The van der Waals surface area contributed by atoms with Crippen LogP contribution in [0.5, 0.6) is 5.75 Å². The van der Waals surface area contributed by atoms with E-state index in [-0.39, 0.29) is 36.3 Å². The normalized spacial score (nSPS) is 24.2. The van der Waals surface area contributed by atoms with Gasteiger partial charge in [0.1, 0.15) is 17.4 Å². The minimum atomic E-state index is -0.700. The summed E-state index contributed by atoms with van der Waals surface area (Å²) in [7, 11) is 0. The molecule has 4 rings (SSSR count). The second-order valence-corrected chi connectivity index (χ2v) is 9.02. The molecular weight excluding hydrogens is 410 g/mol. The Morgan fingerprint density at radius 3 is 2.72 bits per heavy atom. The Kier molecular flexibility index (Phi) is 6.48. The van der Waals surface area contributed by atoms with Crippen molar-refractivity contribution in [2.75, 3.05) is 26.2 Å². The van der Waals surface area contributed by atoms with E-state index in [2.05, 4.69) is 5.32 Å². The van der Waals surface area contributed by atoms with Crippen LogP contribution < -0.4 is 10.1 Å². The number of hydrogen-bond acceptors (Lipinski definition) is 5. The minimum absolute atomic E-state index is 0.0371. The zero-order chi connectivity index (χ0) is 22.7. The molecule has 1 aromatic rings. The zero-order valence-corrected chi connectivity index (χ0v) is 18.6. The highest BCUT2D eigenvalue weighted by Crippen LogP contribution is 2.39.